The zero-order valence-electron chi connectivity index (χ0n) is 19.9. The van der Waals surface area contributed by atoms with Gasteiger partial charge in [-0.05, 0) is 53.6 Å². The van der Waals surface area contributed by atoms with Crippen molar-refractivity contribution >= 4 is 33.2 Å². The molecule has 0 atom stereocenters. The number of methoxy groups -OCH3 is 3. The van der Waals surface area contributed by atoms with Crippen molar-refractivity contribution in [3.05, 3.63) is 82.4 Å². The van der Waals surface area contributed by atoms with Crippen LogP contribution in [0, 0.1) is 0 Å². The lowest BCUT2D eigenvalue weighted by Crippen LogP contribution is -2.29. The van der Waals surface area contributed by atoms with E-state index in [0.29, 0.717) is 45.6 Å². The van der Waals surface area contributed by atoms with Gasteiger partial charge >= 0.3 is 0 Å². The maximum Gasteiger partial charge on any atom is 0.251 e. The second-order valence-corrected chi connectivity index (χ2v) is 9.97. The molecule has 0 radical (unpaired) electrons. The van der Waals surface area contributed by atoms with Gasteiger partial charge in [0.05, 0.1) is 44.8 Å². The number of carbonyl (C=O) groups is 1. The molecule has 186 valence electrons. The molecule has 10 heteroatoms. The van der Waals surface area contributed by atoms with Crippen molar-refractivity contribution in [2.75, 3.05) is 31.9 Å². The van der Waals surface area contributed by atoms with Gasteiger partial charge in [-0.2, -0.15) is 0 Å². The van der Waals surface area contributed by atoms with Crippen molar-refractivity contribution in [3.8, 4) is 17.2 Å². The summed E-state index contributed by atoms with van der Waals surface area (Å²) in [5.74, 6) is 1.39. The minimum atomic E-state index is -3.59. The van der Waals surface area contributed by atoms with Crippen LogP contribution in [0.1, 0.15) is 21.5 Å². The number of anilines is 1. The van der Waals surface area contributed by atoms with Crippen LogP contribution in [-0.2, 0) is 23.1 Å². The summed E-state index contributed by atoms with van der Waals surface area (Å²) in [6, 6.07) is 16.9. The van der Waals surface area contributed by atoms with E-state index in [9.17, 15) is 13.2 Å². The van der Waals surface area contributed by atoms with E-state index in [1.165, 1.54) is 17.5 Å². The van der Waals surface area contributed by atoms with Gasteiger partial charge in [-0.25, -0.2) is 8.42 Å². The Morgan fingerprint density at radius 2 is 1.46 bits per heavy atom. The lowest BCUT2D eigenvalue weighted by Gasteiger charge is -2.23. The highest BCUT2D eigenvalue weighted by Crippen LogP contribution is 2.31. The molecule has 1 amide bonds. The van der Waals surface area contributed by atoms with E-state index in [1.54, 1.807) is 62.8 Å². The Hall–Kier alpha value is -3.43. The van der Waals surface area contributed by atoms with E-state index in [1.807, 2.05) is 6.07 Å². The number of halogens is 1. The Bertz CT molecular complexity index is 1300. The topological polar surface area (TPSA) is 94.2 Å². The largest absolute Gasteiger partial charge is 0.495 e. The summed E-state index contributed by atoms with van der Waals surface area (Å²) in [7, 11) is 1.00. The molecule has 0 aliphatic carbocycles. The molecule has 0 unspecified atom stereocenters. The summed E-state index contributed by atoms with van der Waals surface area (Å²) in [5.41, 5.74) is 2.43. The van der Waals surface area contributed by atoms with E-state index < -0.39 is 10.0 Å². The number of hydrogen-bond acceptors (Lipinski definition) is 6. The van der Waals surface area contributed by atoms with E-state index >= 15 is 0 Å². The molecule has 0 aromatic heterocycles. The fourth-order valence-electron chi connectivity index (χ4n) is 3.41. The SMILES string of the molecule is COc1ccc(N(Cc2ccc(C(=O)NCc3ccc(OC)c(OC)c3)cc2)S(C)(=O)=O)cc1Cl. The normalized spacial score (nSPS) is 11.0. The van der Waals surface area contributed by atoms with Crippen molar-refractivity contribution in [2.45, 2.75) is 13.1 Å². The molecule has 0 bridgehead atoms. The summed E-state index contributed by atoms with van der Waals surface area (Å²) in [6.07, 6.45) is 1.13. The number of hydrogen-bond donors (Lipinski definition) is 1. The number of amides is 1. The molecule has 1 N–H and O–H groups in total. The summed E-state index contributed by atoms with van der Waals surface area (Å²) < 4.78 is 41.8. The zero-order chi connectivity index (χ0) is 25.6. The van der Waals surface area contributed by atoms with Gasteiger partial charge in [0.1, 0.15) is 5.75 Å². The molecule has 0 saturated heterocycles. The Kier molecular flexibility index (Phi) is 8.48. The van der Waals surface area contributed by atoms with Crippen LogP contribution >= 0.6 is 11.6 Å². The second kappa shape index (κ2) is 11.3. The van der Waals surface area contributed by atoms with Crippen LogP contribution in [0.5, 0.6) is 17.2 Å². The second-order valence-electron chi connectivity index (χ2n) is 7.66. The highest BCUT2D eigenvalue weighted by Gasteiger charge is 2.19. The third-order valence-electron chi connectivity index (χ3n) is 5.27. The van der Waals surface area contributed by atoms with Crippen LogP contribution in [-0.4, -0.2) is 41.9 Å². The summed E-state index contributed by atoms with van der Waals surface area (Å²) in [5, 5.41) is 3.17. The molecule has 0 saturated carbocycles. The smallest absolute Gasteiger partial charge is 0.251 e. The number of ether oxygens (including phenoxy) is 3. The van der Waals surface area contributed by atoms with Gasteiger partial charge in [-0.15, -0.1) is 0 Å². The Morgan fingerprint density at radius 3 is 2.03 bits per heavy atom. The molecular formula is C25H27ClN2O6S. The van der Waals surface area contributed by atoms with Gasteiger partial charge in [-0.1, -0.05) is 29.8 Å². The lowest BCUT2D eigenvalue weighted by molar-refractivity contribution is 0.0951. The van der Waals surface area contributed by atoms with E-state index in [-0.39, 0.29) is 12.5 Å². The van der Waals surface area contributed by atoms with Crippen LogP contribution in [0.15, 0.2) is 60.7 Å². The molecule has 8 nitrogen and oxygen atoms in total. The highest BCUT2D eigenvalue weighted by molar-refractivity contribution is 7.92. The molecule has 0 aliphatic rings. The average molecular weight is 519 g/mol. The van der Waals surface area contributed by atoms with Gasteiger partial charge in [-0.3, -0.25) is 9.10 Å². The van der Waals surface area contributed by atoms with Gasteiger partial charge in [0.15, 0.2) is 11.5 Å². The fraction of sp³-hybridized carbons (Fsp3) is 0.240. The monoisotopic (exact) mass is 518 g/mol. The van der Waals surface area contributed by atoms with Crippen molar-refractivity contribution < 1.29 is 27.4 Å². The molecular weight excluding hydrogens is 492 g/mol. The summed E-state index contributed by atoms with van der Waals surface area (Å²) in [4.78, 5) is 12.6. The first kappa shape index (κ1) is 26.2. The first-order chi connectivity index (χ1) is 16.7. The molecule has 0 aliphatic heterocycles. The van der Waals surface area contributed by atoms with Gasteiger partial charge in [0, 0.05) is 12.1 Å². The van der Waals surface area contributed by atoms with Crippen LogP contribution < -0.4 is 23.8 Å². The molecule has 0 fully saturated rings. The van der Waals surface area contributed by atoms with Crippen molar-refractivity contribution in [1.82, 2.24) is 5.32 Å². The molecule has 0 spiro atoms. The molecule has 3 aromatic rings. The predicted molar refractivity (Wildman–Crippen MR) is 136 cm³/mol. The maximum atomic E-state index is 12.6. The number of nitrogens with zero attached hydrogens (tertiary/aromatic N) is 1. The Labute approximate surface area is 210 Å². The van der Waals surface area contributed by atoms with Crippen LogP contribution in [0.25, 0.3) is 0 Å². The van der Waals surface area contributed by atoms with Gasteiger partial charge in [0.25, 0.3) is 5.91 Å². The maximum absolute atomic E-state index is 12.6. The lowest BCUT2D eigenvalue weighted by atomic mass is 10.1. The highest BCUT2D eigenvalue weighted by atomic mass is 35.5. The van der Waals surface area contributed by atoms with Crippen LogP contribution in [0.3, 0.4) is 0 Å². The molecule has 3 rings (SSSR count). The third kappa shape index (κ3) is 6.58. The van der Waals surface area contributed by atoms with Gasteiger partial charge < -0.3 is 19.5 Å². The number of benzene rings is 3. The first-order valence-corrected chi connectivity index (χ1v) is 12.8. The van der Waals surface area contributed by atoms with E-state index in [4.69, 9.17) is 25.8 Å². The number of nitrogens with one attached hydrogen (secondary N) is 1. The Morgan fingerprint density at radius 1 is 0.857 bits per heavy atom. The van der Waals surface area contributed by atoms with Crippen LogP contribution in [0.4, 0.5) is 5.69 Å². The zero-order valence-corrected chi connectivity index (χ0v) is 21.4. The molecule has 3 aromatic carbocycles. The summed E-state index contributed by atoms with van der Waals surface area (Å²) in [6.45, 7) is 0.385. The van der Waals surface area contributed by atoms with E-state index in [2.05, 4.69) is 5.32 Å². The minimum Gasteiger partial charge on any atom is -0.495 e. The van der Waals surface area contributed by atoms with E-state index in [0.717, 1.165) is 11.8 Å². The molecule has 35 heavy (non-hydrogen) atoms. The standard InChI is InChI=1S/C25H27ClN2O6S/c1-32-22-12-10-20(14-21(22)26)28(35(4,30)31)16-17-5-8-19(9-6-17)25(29)27-15-18-7-11-23(33-2)24(13-18)34-3/h5-14H,15-16H2,1-4H3,(H,27,29). The number of rotatable bonds is 10. The molecule has 0 heterocycles. The van der Waals surface area contributed by atoms with Crippen LogP contribution in [0.2, 0.25) is 5.02 Å². The van der Waals surface area contributed by atoms with Gasteiger partial charge in [0.2, 0.25) is 10.0 Å². The number of sulfonamides is 1. The predicted octanol–water partition coefficient (Wildman–Crippen LogP) is 4.26. The quantitative estimate of drug-likeness (QED) is 0.431. The first-order valence-electron chi connectivity index (χ1n) is 10.6. The fourth-order valence-corrected chi connectivity index (χ4v) is 4.54. The Balaban J connectivity index is 1.70. The summed E-state index contributed by atoms with van der Waals surface area (Å²) >= 11 is 6.18. The van der Waals surface area contributed by atoms with Crippen molar-refractivity contribution in [3.63, 3.8) is 0 Å². The third-order valence-corrected chi connectivity index (χ3v) is 6.70. The van der Waals surface area contributed by atoms with Crippen molar-refractivity contribution in [1.29, 1.82) is 0 Å². The van der Waals surface area contributed by atoms with Crippen molar-refractivity contribution in [2.24, 2.45) is 0 Å². The minimum absolute atomic E-state index is 0.0784. The average Bonchev–Trinajstić information content (AvgIpc) is 2.85. The number of carbonyl (C=O) groups excluding carboxylic acids is 1.